The Labute approximate surface area is 207 Å². The van der Waals surface area contributed by atoms with Crippen LogP contribution in [0.2, 0.25) is 0 Å². The fraction of sp³-hybridized carbons (Fsp3) is 0.200. The molecule has 0 bridgehead atoms. The number of nitrogens with one attached hydrogen (secondary N) is 2. The Kier molecular flexibility index (Phi) is 6.94. The Morgan fingerprint density at radius 1 is 1.00 bits per heavy atom. The fourth-order valence-corrected chi connectivity index (χ4v) is 4.22. The molecule has 0 saturated carbocycles. The molecular formula is C25H24BF2N5O3. The van der Waals surface area contributed by atoms with Crippen molar-refractivity contribution in [3.8, 4) is 0 Å². The van der Waals surface area contributed by atoms with Crippen molar-refractivity contribution in [3.05, 3.63) is 83.8 Å². The zero-order valence-electron chi connectivity index (χ0n) is 19.2. The van der Waals surface area contributed by atoms with Crippen molar-refractivity contribution in [1.29, 1.82) is 0 Å². The summed E-state index contributed by atoms with van der Waals surface area (Å²) in [7, 11) is -1.56. The van der Waals surface area contributed by atoms with Gasteiger partial charge in [0.1, 0.15) is 29.0 Å². The predicted molar refractivity (Wildman–Crippen MR) is 135 cm³/mol. The molecular weight excluding hydrogens is 467 g/mol. The van der Waals surface area contributed by atoms with Gasteiger partial charge in [-0.1, -0.05) is 24.3 Å². The van der Waals surface area contributed by atoms with Crippen molar-refractivity contribution in [3.63, 3.8) is 0 Å². The molecule has 3 aromatic rings. The molecule has 5 rings (SSSR count). The lowest BCUT2D eigenvalue weighted by Crippen LogP contribution is -2.42. The van der Waals surface area contributed by atoms with Crippen LogP contribution in [0.4, 0.5) is 31.9 Å². The van der Waals surface area contributed by atoms with Crippen molar-refractivity contribution < 1.29 is 23.6 Å². The van der Waals surface area contributed by atoms with Gasteiger partial charge < -0.3 is 30.3 Å². The Hall–Kier alpha value is -3.80. The van der Waals surface area contributed by atoms with E-state index in [4.69, 9.17) is 9.72 Å². The monoisotopic (exact) mass is 491 g/mol. The fourth-order valence-electron chi connectivity index (χ4n) is 4.22. The second kappa shape index (κ2) is 10.4. The molecule has 0 unspecified atom stereocenters. The molecule has 3 heterocycles. The molecule has 1 saturated heterocycles. The number of aromatic nitrogens is 2. The first kappa shape index (κ1) is 23.9. The van der Waals surface area contributed by atoms with Crippen molar-refractivity contribution in [2.24, 2.45) is 0 Å². The molecule has 1 fully saturated rings. The van der Waals surface area contributed by atoms with Gasteiger partial charge in [-0.15, -0.1) is 0 Å². The van der Waals surface area contributed by atoms with E-state index in [0.29, 0.717) is 54.8 Å². The highest BCUT2D eigenvalue weighted by atomic mass is 19.1. The van der Waals surface area contributed by atoms with Crippen molar-refractivity contribution in [1.82, 2.24) is 9.97 Å². The maximum atomic E-state index is 14.5. The lowest BCUT2D eigenvalue weighted by molar-refractivity contribution is 0.0857. The molecule has 0 aliphatic carbocycles. The number of halogens is 2. The number of ether oxygens (including phenoxy) is 1. The van der Waals surface area contributed by atoms with Gasteiger partial charge in [0.2, 0.25) is 5.95 Å². The standard InChI is InChI=1S/C25H24BF2N5O3/c27-20-4-2-5-21(28)23(20)31-22-6-1-3-16-15-29-25(30-18-9-7-17(8-10-18)26(34)35)32-24(16)33(22)19-11-13-36-14-12-19/h1-10,15,19,31,34-35H,11-14H2,(H,29,30,32). The number of allylic oxidation sites excluding steroid dienone is 2. The molecule has 0 radical (unpaired) electrons. The third-order valence-corrected chi connectivity index (χ3v) is 6.05. The molecule has 2 aromatic carbocycles. The SMILES string of the molecule is OB(O)c1ccc(Nc2ncc3c(n2)N(C2CCOCC2)C(Nc2c(F)cccc2F)=CC=C3)cc1. The van der Waals surface area contributed by atoms with E-state index in [1.807, 2.05) is 11.0 Å². The summed E-state index contributed by atoms with van der Waals surface area (Å²) in [6.45, 7) is 1.12. The van der Waals surface area contributed by atoms with Gasteiger partial charge in [0.15, 0.2) is 0 Å². The average Bonchev–Trinajstić information content (AvgIpc) is 3.06. The zero-order valence-corrected chi connectivity index (χ0v) is 19.2. The Balaban J connectivity index is 1.51. The normalized spacial score (nSPS) is 15.7. The van der Waals surface area contributed by atoms with Crippen LogP contribution in [-0.4, -0.2) is 46.4 Å². The number of hydrogen-bond acceptors (Lipinski definition) is 8. The van der Waals surface area contributed by atoms with Crippen LogP contribution >= 0.6 is 0 Å². The van der Waals surface area contributed by atoms with Crippen LogP contribution in [0.15, 0.2) is 66.6 Å². The van der Waals surface area contributed by atoms with Crippen LogP contribution in [0.1, 0.15) is 18.4 Å². The van der Waals surface area contributed by atoms with E-state index in [2.05, 4.69) is 15.6 Å². The number of nitrogens with zero attached hydrogens (tertiary/aromatic N) is 3. The highest BCUT2D eigenvalue weighted by Gasteiger charge is 2.30. The van der Waals surface area contributed by atoms with Crippen LogP contribution in [0, 0.1) is 11.6 Å². The molecule has 1 aromatic heterocycles. The van der Waals surface area contributed by atoms with Crippen molar-refractivity contribution in [2.45, 2.75) is 18.9 Å². The maximum absolute atomic E-state index is 14.5. The summed E-state index contributed by atoms with van der Waals surface area (Å²) in [4.78, 5) is 11.1. The molecule has 2 aliphatic heterocycles. The lowest BCUT2D eigenvalue weighted by Gasteiger charge is -2.37. The first-order chi connectivity index (χ1) is 17.5. The largest absolute Gasteiger partial charge is 0.488 e. The van der Waals surface area contributed by atoms with Crippen LogP contribution in [0.5, 0.6) is 0 Å². The number of para-hydroxylation sites is 1. The van der Waals surface area contributed by atoms with Gasteiger partial charge in [0, 0.05) is 36.7 Å². The van der Waals surface area contributed by atoms with E-state index in [1.165, 1.54) is 18.2 Å². The maximum Gasteiger partial charge on any atom is 0.488 e. The molecule has 184 valence electrons. The summed E-state index contributed by atoms with van der Waals surface area (Å²) >= 11 is 0. The van der Waals surface area contributed by atoms with Gasteiger partial charge in [-0.25, -0.2) is 13.8 Å². The summed E-state index contributed by atoms with van der Waals surface area (Å²) in [6.07, 6.45) is 8.48. The summed E-state index contributed by atoms with van der Waals surface area (Å²) in [6, 6.07) is 10.2. The highest BCUT2D eigenvalue weighted by molar-refractivity contribution is 6.58. The van der Waals surface area contributed by atoms with Gasteiger partial charge in [-0.2, -0.15) is 4.98 Å². The molecule has 0 amide bonds. The minimum atomic E-state index is -1.56. The number of hydrogen-bond donors (Lipinski definition) is 4. The number of benzene rings is 2. The number of anilines is 4. The van der Waals surface area contributed by atoms with E-state index in [0.717, 1.165) is 5.56 Å². The Bertz CT molecular complexity index is 1280. The number of rotatable bonds is 6. The molecule has 4 N–H and O–H groups in total. The van der Waals surface area contributed by atoms with Gasteiger partial charge in [-0.3, -0.25) is 0 Å². The van der Waals surface area contributed by atoms with Crippen molar-refractivity contribution >= 4 is 41.8 Å². The zero-order chi connectivity index (χ0) is 25.1. The van der Waals surface area contributed by atoms with E-state index in [1.54, 1.807) is 42.6 Å². The lowest BCUT2D eigenvalue weighted by atomic mass is 9.80. The van der Waals surface area contributed by atoms with E-state index in [-0.39, 0.29) is 11.7 Å². The minimum absolute atomic E-state index is 0.0286. The van der Waals surface area contributed by atoms with Crippen LogP contribution in [0.3, 0.4) is 0 Å². The second-order valence-electron chi connectivity index (χ2n) is 8.44. The van der Waals surface area contributed by atoms with Crippen LogP contribution in [0.25, 0.3) is 6.08 Å². The second-order valence-corrected chi connectivity index (χ2v) is 8.44. The van der Waals surface area contributed by atoms with Gasteiger partial charge in [-0.05, 0) is 54.7 Å². The van der Waals surface area contributed by atoms with E-state index in [9.17, 15) is 18.8 Å². The predicted octanol–water partition coefficient (Wildman–Crippen LogP) is 3.14. The molecule has 8 nitrogen and oxygen atoms in total. The molecule has 36 heavy (non-hydrogen) atoms. The molecule has 11 heteroatoms. The average molecular weight is 491 g/mol. The van der Waals surface area contributed by atoms with Crippen molar-refractivity contribution in [2.75, 3.05) is 28.7 Å². The van der Waals surface area contributed by atoms with Gasteiger partial charge in [0.05, 0.1) is 0 Å². The molecule has 2 aliphatic rings. The summed E-state index contributed by atoms with van der Waals surface area (Å²) in [5.41, 5.74) is 1.52. The number of fused-ring (bicyclic) bond motifs is 1. The summed E-state index contributed by atoms with van der Waals surface area (Å²) in [5, 5.41) is 24.7. The smallest absolute Gasteiger partial charge is 0.423 e. The minimum Gasteiger partial charge on any atom is -0.423 e. The molecule has 0 spiro atoms. The summed E-state index contributed by atoms with van der Waals surface area (Å²) < 4.78 is 34.6. The Morgan fingerprint density at radius 2 is 1.72 bits per heavy atom. The first-order valence-corrected chi connectivity index (χ1v) is 11.6. The summed E-state index contributed by atoms with van der Waals surface area (Å²) in [5.74, 6) is -0.0248. The Morgan fingerprint density at radius 3 is 2.42 bits per heavy atom. The first-order valence-electron chi connectivity index (χ1n) is 11.6. The van der Waals surface area contributed by atoms with Crippen LogP contribution < -0.4 is 21.0 Å². The topological polar surface area (TPSA) is 103 Å². The third-order valence-electron chi connectivity index (χ3n) is 6.05. The quantitative estimate of drug-likeness (QED) is 0.391. The van der Waals surface area contributed by atoms with E-state index >= 15 is 0 Å². The van der Waals surface area contributed by atoms with Gasteiger partial charge >= 0.3 is 7.12 Å². The van der Waals surface area contributed by atoms with Crippen LogP contribution in [-0.2, 0) is 4.74 Å². The molecule has 0 atom stereocenters. The highest BCUT2D eigenvalue weighted by Crippen LogP contribution is 2.33. The van der Waals surface area contributed by atoms with E-state index < -0.39 is 18.8 Å². The van der Waals surface area contributed by atoms with Gasteiger partial charge in [0.25, 0.3) is 0 Å². The third kappa shape index (κ3) is 5.08.